The van der Waals surface area contributed by atoms with Crippen LogP contribution in [0.4, 0.5) is 24.8 Å². The maximum absolute atomic E-state index is 14.1. The normalized spacial score (nSPS) is 11.2. The topological polar surface area (TPSA) is 97.6 Å². The number of aromatic nitrogens is 5. The monoisotopic (exact) mass is 436 g/mol. The van der Waals surface area contributed by atoms with Gasteiger partial charge in [0.1, 0.15) is 5.82 Å². The Morgan fingerprint density at radius 2 is 1.83 bits per heavy atom. The van der Waals surface area contributed by atoms with Gasteiger partial charge in [-0.15, -0.1) is 0 Å². The molecule has 0 unspecified atom stereocenters. The highest BCUT2D eigenvalue weighted by atomic mass is 35.5. The van der Waals surface area contributed by atoms with E-state index < -0.39 is 35.4 Å². The largest absolute Gasteiger partial charge is 0.352 e. The van der Waals surface area contributed by atoms with Crippen molar-refractivity contribution in [3.05, 3.63) is 79.5 Å². The van der Waals surface area contributed by atoms with E-state index in [0.29, 0.717) is 23.3 Å². The van der Waals surface area contributed by atoms with E-state index in [4.69, 9.17) is 11.6 Å². The summed E-state index contributed by atoms with van der Waals surface area (Å²) in [5.74, 6) is -3.97. The molecular weight excluding hydrogens is 425 g/mol. The SMILES string of the molecule is Cn1cc2cc(Nc3nc(=O)[nH]c(=O)n3Cc3cc(F)c(F)cc3F)c(Cl)cc2n1. The fourth-order valence-electron chi connectivity index (χ4n) is 2.92. The second-order valence-corrected chi connectivity index (χ2v) is 6.84. The summed E-state index contributed by atoms with van der Waals surface area (Å²) < 4.78 is 43.2. The van der Waals surface area contributed by atoms with Crippen LogP contribution in [0.3, 0.4) is 0 Å². The average Bonchev–Trinajstić information content (AvgIpc) is 3.01. The molecule has 0 saturated carbocycles. The summed E-state index contributed by atoms with van der Waals surface area (Å²) in [7, 11) is 1.73. The van der Waals surface area contributed by atoms with E-state index in [1.54, 1.807) is 30.1 Å². The summed E-state index contributed by atoms with van der Waals surface area (Å²) in [6, 6.07) is 4.19. The molecule has 2 aromatic heterocycles. The van der Waals surface area contributed by atoms with Gasteiger partial charge in [0, 0.05) is 30.3 Å². The van der Waals surface area contributed by atoms with Gasteiger partial charge in [-0.25, -0.2) is 22.8 Å². The molecule has 12 heteroatoms. The van der Waals surface area contributed by atoms with Crippen LogP contribution in [0.1, 0.15) is 5.56 Å². The lowest BCUT2D eigenvalue weighted by atomic mass is 10.2. The van der Waals surface area contributed by atoms with Crippen molar-refractivity contribution < 1.29 is 13.2 Å². The number of anilines is 2. The number of fused-ring (bicyclic) bond motifs is 1. The molecule has 0 aliphatic heterocycles. The Hall–Kier alpha value is -3.60. The molecule has 2 N–H and O–H groups in total. The van der Waals surface area contributed by atoms with Gasteiger partial charge in [0.2, 0.25) is 5.95 Å². The third-order valence-corrected chi connectivity index (χ3v) is 4.61. The summed E-state index contributed by atoms with van der Waals surface area (Å²) >= 11 is 6.25. The molecule has 0 spiro atoms. The number of aryl methyl sites for hydroxylation is 1. The summed E-state index contributed by atoms with van der Waals surface area (Å²) in [4.78, 5) is 29.7. The minimum absolute atomic E-state index is 0.223. The van der Waals surface area contributed by atoms with Crippen LogP contribution in [-0.4, -0.2) is 24.3 Å². The van der Waals surface area contributed by atoms with Crippen molar-refractivity contribution in [3.8, 4) is 0 Å². The van der Waals surface area contributed by atoms with Gasteiger partial charge in [-0.3, -0.25) is 14.2 Å². The lowest BCUT2D eigenvalue weighted by molar-refractivity contribution is 0.487. The highest BCUT2D eigenvalue weighted by Crippen LogP contribution is 2.29. The Labute approximate surface area is 170 Å². The predicted octanol–water partition coefficient (Wildman–Crippen LogP) is 2.68. The van der Waals surface area contributed by atoms with Crippen LogP contribution in [0.5, 0.6) is 0 Å². The van der Waals surface area contributed by atoms with Crippen LogP contribution in [-0.2, 0) is 13.6 Å². The molecule has 0 atom stereocenters. The molecule has 0 radical (unpaired) electrons. The standard InChI is InChI=1S/C18H12ClF3N6O2/c1-27-6-9-3-15(10(19)4-14(9)26-27)23-16-24-17(29)25-18(30)28(16)7-8-2-12(21)13(22)5-11(8)20/h2-6H,7H2,1H3,(H2,23,24,25,29,30). The molecule has 0 saturated heterocycles. The van der Waals surface area contributed by atoms with E-state index in [1.807, 2.05) is 4.98 Å². The Bertz CT molecular complexity index is 1410. The highest BCUT2D eigenvalue weighted by molar-refractivity contribution is 6.34. The van der Waals surface area contributed by atoms with Crippen LogP contribution >= 0.6 is 11.6 Å². The third kappa shape index (κ3) is 3.66. The predicted molar refractivity (Wildman–Crippen MR) is 104 cm³/mol. The van der Waals surface area contributed by atoms with E-state index in [2.05, 4.69) is 15.4 Å². The van der Waals surface area contributed by atoms with Crippen LogP contribution in [0, 0.1) is 17.5 Å². The van der Waals surface area contributed by atoms with Gasteiger partial charge in [0.15, 0.2) is 11.6 Å². The molecule has 4 rings (SSSR count). The first-order valence-corrected chi connectivity index (χ1v) is 8.83. The maximum atomic E-state index is 14.1. The number of nitrogens with one attached hydrogen (secondary N) is 2. The summed E-state index contributed by atoms with van der Waals surface area (Å²) in [6.45, 7) is -0.527. The zero-order valence-corrected chi connectivity index (χ0v) is 16.0. The van der Waals surface area contributed by atoms with Crippen LogP contribution in [0.15, 0.2) is 40.1 Å². The highest BCUT2D eigenvalue weighted by Gasteiger charge is 2.16. The molecule has 2 aromatic carbocycles. The first-order valence-electron chi connectivity index (χ1n) is 8.46. The van der Waals surface area contributed by atoms with Crippen LogP contribution in [0.25, 0.3) is 10.9 Å². The maximum Gasteiger partial charge on any atom is 0.352 e. The fraction of sp³-hybridized carbons (Fsp3) is 0.111. The molecule has 0 fully saturated rings. The van der Waals surface area contributed by atoms with E-state index >= 15 is 0 Å². The minimum atomic E-state index is -1.36. The number of H-pyrrole nitrogens is 1. The van der Waals surface area contributed by atoms with Crippen molar-refractivity contribution in [2.45, 2.75) is 6.54 Å². The number of halogens is 4. The molecule has 4 aromatic rings. The van der Waals surface area contributed by atoms with E-state index in [-0.39, 0.29) is 16.5 Å². The van der Waals surface area contributed by atoms with Crippen LogP contribution in [0.2, 0.25) is 5.02 Å². The Morgan fingerprint density at radius 1 is 1.10 bits per heavy atom. The zero-order valence-electron chi connectivity index (χ0n) is 15.2. The third-order valence-electron chi connectivity index (χ3n) is 4.29. The number of nitrogens with zero attached hydrogens (tertiary/aromatic N) is 4. The Morgan fingerprint density at radius 3 is 2.60 bits per heavy atom. The smallest absolute Gasteiger partial charge is 0.324 e. The van der Waals surface area contributed by atoms with Crippen molar-refractivity contribution in [3.63, 3.8) is 0 Å². The molecule has 8 nitrogen and oxygen atoms in total. The summed E-state index contributed by atoms with van der Waals surface area (Å²) in [6.07, 6.45) is 1.73. The number of hydrogen-bond donors (Lipinski definition) is 2. The lowest BCUT2D eigenvalue weighted by Gasteiger charge is -2.14. The number of hydrogen-bond acceptors (Lipinski definition) is 5. The molecule has 0 aliphatic rings. The Kier molecular flexibility index (Phi) is 4.82. The van der Waals surface area contributed by atoms with Crippen molar-refractivity contribution in [2.75, 3.05) is 5.32 Å². The van der Waals surface area contributed by atoms with Crippen molar-refractivity contribution in [1.82, 2.24) is 24.3 Å². The Balaban J connectivity index is 1.79. The lowest BCUT2D eigenvalue weighted by Crippen LogP contribution is -2.34. The van der Waals surface area contributed by atoms with Crippen LogP contribution < -0.4 is 16.7 Å². The molecule has 0 bridgehead atoms. The molecular formula is C18H12ClF3N6O2. The number of aromatic amines is 1. The molecule has 154 valence electrons. The first-order chi connectivity index (χ1) is 14.2. The van der Waals surface area contributed by atoms with Gasteiger partial charge < -0.3 is 5.32 Å². The molecule has 30 heavy (non-hydrogen) atoms. The summed E-state index contributed by atoms with van der Waals surface area (Å²) in [5, 5.41) is 7.92. The number of rotatable bonds is 4. The minimum Gasteiger partial charge on any atom is -0.324 e. The van der Waals surface area contributed by atoms with Gasteiger partial charge in [0.25, 0.3) is 0 Å². The van der Waals surface area contributed by atoms with Gasteiger partial charge in [-0.2, -0.15) is 10.1 Å². The zero-order chi connectivity index (χ0) is 21.6. The molecule has 0 amide bonds. The quantitative estimate of drug-likeness (QED) is 0.479. The first kappa shape index (κ1) is 19.7. The van der Waals surface area contributed by atoms with Gasteiger partial charge in [0.05, 0.1) is 22.8 Å². The number of benzene rings is 2. The van der Waals surface area contributed by atoms with Gasteiger partial charge >= 0.3 is 11.4 Å². The summed E-state index contributed by atoms with van der Waals surface area (Å²) in [5.41, 5.74) is -1.28. The van der Waals surface area contributed by atoms with Crippen molar-refractivity contribution in [2.24, 2.45) is 7.05 Å². The van der Waals surface area contributed by atoms with Gasteiger partial charge in [-0.1, -0.05) is 11.6 Å². The molecule has 0 aliphatic carbocycles. The second kappa shape index (κ2) is 7.34. The van der Waals surface area contributed by atoms with E-state index in [0.717, 1.165) is 9.95 Å². The molecule has 2 heterocycles. The average molecular weight is 437 g/mol. The van der Waals surface area contributed by atoms with Crippen molar-refractivity contribution in [1.29, 1.82) is 0 Å². The fourth-order valence-corrected chi connectivity index (χ4v) is 3.13. The second-order valence-electron chi connectivity index (χ2n) is 6.43. The van der Waals surface area contributed by atoms with E-state index in [9.17, 15) is 22.8 Å². The van der Waals surface area contributed by atoms with Crippen molar-refractivity contribution >= 4 is 34.1 Å². The van der Waals surface area contributed by atoms with E-state index in [1.165, 1.54) is 0 Å². The van der Waals surface area contributed by atoms with Gasteiger partial charge in [-0.05, 0) is 18.2 Å².